The minimum Gasteiger partial charge on any atom is -0.495 e. The van der Waals surface area contributed by atoms with Crippen molar-refractivity contribution in [1.29, 1.82) is 0 Å². The highest BCUT2D eigenvalue weighted by atomic mass is 19.1. The number of terminal acetylenes is 2. The summed E-state index contributed by atoms with van der Waals surface area (Å²) in [5, 5.41) is 0. The third-order valence-electron chi connectivity index (χ3n) is 1.69. The van der Waals surface area contributed by atoms with E-state index in [1.165, 1.54) is 7.11 Å². The molecule has 0 aliphatic carbocycles. The van der Waals surface area contributed by atoms with Crippen molar-refractivity contribution >= 4 is 0 Å². The Kier molecular flexibility index (Phi) is 2.74. The molecule has 0 bridgehead atoms. The maximum Gasteiger partial charge on any atom is 0.161 e. The molecule has 0 saturated heterocycles. The topological polar surface area (TPSA) is 9.23 Å². The molecule has 0 N–H and O–H groups in total. The largest absolute Gasteiger partial charge is 0.495 e. The van der Waals surface area contributed by atoms with Gasteiger partial charge in [0.1, 0.15) is 17.1 Å². The van der Waals surface area contributed by atoms with E-state index in [1.54, 1.807) is 0 Å². The first-order chi connectivity index (χ1) is 6.65. The van der Waals surface area contributed by atoms with Crippen LogP contribution in [-0.4, -0.2) is 7.11 Å². The van der Waals surface area contributed by atoms with Gasteiger partial charge >= 0.3 is 0 Å². The maximum absolute atomic E-state index is 13.4. The fourth-order valence-electron chi connectivity index (χ4n) is 1.03. The Hall–Kier alpha value is -2.00. The summed E-state index contributed by atoms with van der Waals surface area (Å²) in [5.74, 6) is 2.10. The third kappa shape index (κ3) is 1.41. The van der Waals surface area contributed by atoms with Gasteiger partial charge in [0.2, 0.25) is 0 Å². The van der Waals surface area contributed by atoms with Crippen LogP contribution >= 0.6 is 0 Å². The molecule has 1 nitrogen and oxygen atoms in total. The minimum atomic E-state index is -0.938. The van der Waals surface area contributed by atoms with Crippen molar-refractivity contribution < 1.29 is 13.5 Å². The monoisotopic (exact) mass is 192 g/mol. The fraction of sp³-hybridized carbons (Fsp3) is 0.0909. The molecule has 0 unspecified atom stereocenters. The van der Waals surface area contributed by atoms with Crippen molar-refractivity contribution in [3.63, 3.8) is 0 Å². The number of hydrogen-bond donors (Lipinski definition) is 0. The van der Waals surface area contributed by atoms with Crippen LogP contribution in [0.4, 0.5) is 8.78 Å². The number of hydrogen-bond acceptors (Lipinski definition) is 1. The molecule has 0 spiro atoms. The highest BCUT2D eigenvalue weighted by Crippen LogP contribution is 2.25. The summed E-state index contributed by atoms with van der Waals surface area (Å²) in [6.07, 6.45) is 9.97. The number of methoxy groups -OCH3 is 1. The molecule has 0 fully saturated rings. The average molecular weight is 192 g/mol. The molecular weight excluding hydrogens is 186 g/mol. The van der Waals surface area contributed by atoms with Crippen LogP contribution in [0.25, 0.3) is 0 Å². The molecule has 0 atom stereocenters. The van der Waals surface area contributed by atoms with Crippen LogP contribution < -0.4 is 4.74 Å². The lowest BCUT2D eigenvalue weighted by Crippen LogP contribution is -1.98. The van der Waals surface area contributed by atoms with Gasteiger partial charge in [-0.3, -0.25) is 0 Å². The molecule has 0 aliphatic heterocycles. The van der Waals surface area contributed by atoms with Gasteiger partial charge in [-0.1, -0.05) is 11.8 Å². The first-order valence-corrected chi connectivity index (χ1v) is 3.65. The van der Waals surface area contributed by atoms with E-state index >= 15 is 0 Å². The Morgan fingerprint density at radius 2 is 1.79 bits per heavy atom. The van der Waals surface area contributed by atoms with Crippen LogP contribution in [0, 0.1) is 36.3 Å². The lowest BCUT2D eigenvalue weighted by molar-refractivity contribution is 0.404. The van der Waals surface area contributed by atoms with Gasteiger partial charge in [-0.25, -0.2) is 8.78 Å². The van der Waals surface area contributed by atoms with Crippen molar-refractivity contribution in [2.45, 2.75) is 0 Å². The van der Waals surface area contributed by atoms with Gasteiger partial charge in [0.15, 0.2) is 5.82 Å². The van der Waals surface area contributed by atoms with Crippen LogP contribution in [0.1, 0.15) is 11.1 Å². The maximum atomic E-state index is 13.4. The summed E-state index contributed by atoms with van der Waals surface area (Å²) in [7, 11) is 1.27. The quantitative estimate of drug-likeness (QED) is 0.618. The van der Waals surface area contributed by atoms with Gasteiger partial charge in [0, 0.05) is 6.07 Å². The molecular formula is C11H6F2O. The standard InChI is InChI=1S/C11H6F2O/c1-4-7-9(12)6-10(14-3)8(5-2)11(7)13/h1-2,6H,3H3. The highest BCUT2D eigenvalue weighted by molar-refractivity contribution is 5.52. The van der Waals surface area contributed by atoms with Crippen LogP contribution in [0.5, 0.6) is 5.75 Å². The zero-order chi connectivity index (χ0) is 10.7. The van der Waals surface area contributed by atoms with E-state index in [-0.39, 0.29) is 11.3 Å². The van der Waals surface area contributed by atoms with E-state index in [0.29, 0.717) is 0 Å². The Bertz CT molecular complexity index is 450. The van der Waals surface area contributed by atoms with Gasteiger partial charge in [-0.2, -0.15) is 0 Å². The SMILES string of the molecule is C#Cc1c(F)cc(OC)c(C#C)c1F. The molecule has 70 valence electrons. The van der Waals surface area contributed by atoms with Gasteiger partial charge in [0.25, 0.3) is 0 Å². The molecule has 3 heteroatoms. The first-order valence-electron chi connectivity index (χ1n) is 3.65. The van der Waals surface area contributed by atoms with E-state index in [4.69, 9.17) is 17.6 Å². The van der Waals surface area contributed by atoms with Gasteiger partial charge in [-0.15, -0.1) is 12.8 Å². The number of halogens is 2. The van der Waals surface area contributed by atoms with E-state index in [0.717, 1.165) is 6.07 Å². The zero-order valence-corrected chi connectivity index (χ0v) is 7.40. The molecule has 0 saturated carbocycles. The normalized spacial score (nSPS) is 8.93. The van der Waals surface area contributed by atoms with Crippen LogP contribution in [0.15, 0.2) is 6.07 Å². The van der Waals surface area contributed by atoms with E-state index in [9.17, 15) is 8.78 Å². The lowest BCUT2D eigenvalue weighted by atomic mass is 10.1. The smallest absolute Gasteiger partial charge is 0.161 e. The molecule has 0 aliphatic rings. The van der Waals surface area contributed by atoms with Gasteiger partial charge in [0.05, 0.1) is 12.7 Å². The molecule has 0 aromatic heterocycles. The van der Waals surface area contributed by atoms with Crippen molar-refractivity contribution in [3.05, 3.63) is 28.8 Å². The molecule has 0 amide bonds. The number of benzene rings is 1. The van der Waals surface area contributed by atoms with E-state index < -0.39 is 17.2 Å². The number of ether oxygens (including phenoxy) is 1. The average Bonchev–Trinajstić information content (AvgIpc) is 2.17. The molecule has 1 rings (SSSR count). The predicted molar refractivity (Wildman–Crippen MR) is 48.8 cm³/mol. The summed E-state index contributed by atoms with van der Waals surface area (Å²) in [6.45, 7) is 0. The Morgan fingerprint density at radius 3 is 2.21 bits per heavy atom. The summed E-state index contributed by atoms with van der Waals surface area (Å²) < 4.78 is 31.2. The molecule has 1 aromatic rings. The van der Waals surface area contributed by atoms with Crippen LogP contribution in [0.2, 0.25) is 0 Å². The van der Waals surface area contributed by atoms with Gasteiger partial charge < -0.3 is 4.74 Å². The lowest BCUT2D eigenvalue weighted by Gasteiger charge is -2.06. The molecule has 1 aromatic carbocycles. The molecule has 0 heterocycles. The second-order valence-electron chi connectivity index (χ2n) is 2.41. The van der Waals surface area contributed by atoms with Gasteiger partial charge in [-0.05, 0) is 0 Å². The van der Waals surface area contributed by atoms with Crippen molar-refractivity contribution in [1.82, 2.24) is 0 Å². The third-order valence-corrected chi connectivity index (χ3v) is 1.69. The Balaban J connectivity index is 3.60. The Labute approximate surface area is 80.7 Å². The van der Waals surface area contributed by atoms with Crippen molar-refractivity contribution in [2.24, 2.45) is 0 Å². The molecule has 14 heavy (non-hydrogen) atoms. The van der Waals surface area contributed by atoms with Crippen LogP contribution in [-0.2, 0) is 0 Å². The zero-order valence-electron chi connectivity index (χ0n) is 7.40. The van der Waals surface area contributed by atoms with E-state index in [1.807, 2.05) is 5.92 Å². The second kappa shape index (κ2) is 3.81. The van der Waals surface area contributed by atoms with Crippen molar-refractivity contribution in [3.8, 4) is 30.4 Å². The summed E-state index contributed by atoms with van der Waals surface area (Å²) >= 11 is 0. The number of rotatable bonds is 1. The summed E-state index contributed by atoms with van der Waals surface area (Å²) in [6, 6.07) is 0.966. The minimum absolute atomic E-state index is 0.0403. The molecule has 0 radical (unpaired) electrons. The first kappa shape index (κ1) is 10.1. The summed E-state index contributed by atoms with van der Waals surface area (Å²) in [5.41, 5.74) is -0.638. The predicted octanol–water partition coefficient (Wildman–Crippen LogP) is 1.94. The van der Waals surface area contributed by atoms with Crippen molar-refractivity contribution in [2.75, 3.05) is 7.11 Å². The van der Waals surface area contributed by atoms with Crippen LogP contribution in [0.3, 0.4) is 0 Å². The Morgan fingerprint density at radius 1 is 1.21 bits per heavy atom. The van der Waals surface area contributed by atoms with E-state index in [2.05, 4.69) is 5.92 Å². The fourth-order valence-corrected chi connectivity index (χ4v) is 1.03. The summed E-state index contributed by atoms with van der Waals surface area (Å²) in [4.78, 5) is 0. The second-order valence-corrected chi connectivity index (χ2v) is 2.41. The highest BCUT2D eigenvalue weighted by Gasteiger charge is 2.16.